The van der Waals surface area contributed by atoms with Crippen LogP contribution in [0.25, 0.3) is 0 Å². The monoisotopic (exact) mass is 251 g/mol. The fourth-order valence-corrected chi connectivity index (χ4v) is 2.45. The molecule has 1 fully saturated rings. The molecular formula is C14H25N3O. The van der Waals surface area contributed by atoms with Crippen molar-refractivity contribution in [3.05, 3.63) is 17.8 Å². The van der Waals surface area contributed by atoms with Gasteiger partial charge in [-0.1, -0.05) is 0 Å². The van der Waals surface area contributed by atoms with Crippen LogP contribution in [0.4, 0.5) is 0 Å². The van der Waals surface area contributed by atoms with E-state index in [9.17, 15) is 0 Å². The van der Waals surface area contributed by atoms with Crippen LogP contribution in [0.3, 0.4) is 0 Å². The molecule has 1 aromatic heterocycles. The Hall–Kier alpha value is -0.870. The highest BCUT2D eigenvalue weighted by Crippen LogP contribution is 2.21. The maximum atomic E-state index is 5.82. The zero-order valence-electron chi connectivity index (χ0n) is 11.8. The third kappa shape index (κ3) is 3.82. The van der Waals surface area contributed by atoms with Gasteiger partial charge in [-0.2, -0.15) is 0 Å². The van der Waals surface area contributed by atoms with Crippen molar-refractivity contribution in [3.63, 3.8) is 0 Å². The molecule has 1 atom stereocenters. The van der Waals surface area contributed by atoms with Gasteiger partial charge in [0.25, 0.3) is 0 Å². The highest BCUT2D eigenvalue weighted by Gasteiger charge is 2.19. The maximum absolute atomic E-state index is 5.82. The van der Waals surface area contributed by atoms with Gasteiger partial charge in [-0.25, -0.2) is 4.98 Å². The molecule has 1 unspecified atom stereocenters. The summed E-state index contributed by atoms with van der Waals surface area (Å²) in [6.07, 6.45) is 6.33. The van der Waals surface area contributed by atoms with E-state index >= 15 is 0 Å². The van der Waals surface area contributed by atoms with E-state index in [2.05, 4.69) is 29.2 Å². The zero-order valence-corrected chi connectivity index (χ0v) is 11.8. The van der Waals surface area contributed by atoms with Crippen LogP contribution in [0.1, 0.15) is 31.4 Å². The summed E-state index contributed by atoms with van der Waals surface area (Å²) in [5.41, 5.74) is 0. The largest absolute Gasteiger partial charge is 0.446 e. The van der Waals surface area contributed by atoms with E-state index in [0.29, 0.717) is 6.04 Å². The van der Waals surface area contributed by atoms with Crippen molar-refractivity contribution in [2.24, 2.45) is 5.92 Å². The Bertz CT molecular complexity index is 356. The van der Waals surface area contributed by atoms with Crippen molar-refractivity contribution in [1.29, 1.82) is 0 Å². The molecule has 0 radical (unpaired) electrons. The van der Waals surface area contributed by atoms with Gasteiger partial charge in [0, 0.05) is 18.9 Å². The Labute approximate surface area is 110 Å². The predicted molar refractivity (Wildman–Crippen MR) is 72.7 cm³/mol. The molecule has 0 aromatic carbocycles. The topological polar surface area (TPSA) is 41.3 Å². The van der Waals surface area contributed by atoms with Crippen LogP contribution >= 0.6 is 0 Å². The van der Waals surface area contributed by atoms with Crippen molar-refractivity contribution >= 4 is 0 Å². The highest BCUT2D eigenvalue weighted by molar-refractivity contribution is 4.97. The SMILES string of the molecule is CNC(C)Cc1cnc(CC2CCN(C)CC2)o1. The summed E-state index contributed by atoms with van der Waals surface area (Å²) in [4.78, 5) is 6.80. The molecule has 0 saturated carbocycles. The normalized spacial score (nSPS) is 20.2. The Balaban J connectivity index is 1.83. The van der Waals surface area contributed by atoms with Gasteiger partial charge in [-0.15, -0.1) is 0 Å². The molecular weight excluding hydrogens is 226 g/mol. The lowest BCUT2D eigenvalue weighted by Crippen LogP contribution is -2.30. The van der Waals surface area contributed by atoms with Crippen LogP contribution in [-0.2, 0) is 12.8 Å². The number of rotatable bonds is 5. The van der Waals surface area contributed by atoms with Crippen molar-refractivity contribution < 1.29 is 4.42 Å². The third-order valence-electron chi connectivity index (χ3n) is 3.90. The Morgan fingerprint density at radius 3 is 2.89 bits per heavy atom. The van der Waals surface area contributed by atoms with Gasteiger partial charge in [0.05, 0.1) is 6.20 Å². The third-order valence-corrected chi connectivity index (χ3v) is 3.90. The fraction of sp³-hybridized carbons (Fsp3) is 0.786. The van der Waals surface area contributed by atoms with E-state index < -0.39 is 0 Å². The van der Waals surface area contributed by atoms with Gasteiger partial charge in [-0.3, -0.25) is 0 Å². The van der Waals surface area contributed by atoms with Crippen molar-refractivity contribution in [1.82, 2.24) is 15.2 Å². The van der Waals surface area contributed by atoms with Gasteiger partial charge in [0.1, 0.15) is 5.76 Å². The van der Waals surface area contributed by atoms with Crippen molar-refractivity contribution in [2.45, 2.75) is 38.6 Å². The minimum atomic E-state index is 0.439. The van der Waals surface area contributed by atoms with Gasteiger partial charge in [-0.05, 0) is 52.9 Å². The Kier molecular flexibility index (Phi) is 4.78. The van der Waals surface area contributed by atoms with Gasteiger partial charge < -0.3 is 14.6 Å². The maximum Gasteiger partial charge on any atom is 0.194 e. The van der Waals surface area contributed by atoms with E-state index in [4.69, 9.17) is 4.42 Å². The number of hydrogen-bond donors (Lipinski definition) is 1. The molecule has 1 N–H and O–H groups in total. The molecule has 1 aliphatic heterocycles. The molecule has 2 rings (SSSR count). The lowest BCUT2D eigenvalue weighted by atomic mass is 9.94. The second-order valence-electron chi connectivity index (χ2n) is 5.56. The molecule has 0 bridgehead atoms. The number of likely N-dealkylation sites (tertiary alicyclic amines) is 1. The summed E-state index contributed by atoms with van der Waals surface area (Å²) < 4.78 is 5.82. The number of aromatic nitrogens is 1. The minimum Gasteiger partial charge on any atom is -0.446 e. The average Bonchev–Trinajstić information content (AvgIpc) is 2.79. The summed E-state index contributed by atoms with van der Waals surface area (Å²) >= 11 is 0. The summed E-state index contributed by atoms with van der Waals surface area (Å²) in [6, 6.07) is 0.439. The summed E-state index contributed by atoms with van der Waals surface area (Å²) in [6.45, 7) is 4.56. The predicted octanol–water partition coefficient (Wildman–Crippen LogP) is 1.71. The molecule has 0 amide bonds. The Morgan fingerprint density at radius 2 is 2.22 bits per heavy atom. The van der Waals surface area contributed by atoms with Gasteiger partial charge in [0.15, 0.2) is 5.89 Å². The molecule has 0 aliphatic carbocycles. The smallest absolute Gasteiger partial charge is 0.194 e. The molecule has 18 heavy (non-hydrogen) atoms. The molecule has 0 spiro atoms. The number of piperidine rings is 1. The van der Waals surface area contributed by atoms with Gasteiger partial charge in [0.2, 0.25) is 0 Å². The zero-order chi connectivity index (χ0) is 13.0. The minimum absolute atomic E-state index is 0.439. The molecule has 1 aromatic rings. The van der Waals surface area contributed by atoms with Crippen LogP contribution in [0.15, 0.2) is 10.6 Å². The lowest BCUT2D eigenvalue weighted by Gasteiger charge is -2.28. The summed E-state index contributed by atoms with van der Waals surface area (Å²) in [7, 11) is 4.17. The quantitative estimate of drug-likeness (QED) is 0.865. The van der Waals surface area contributed by atoms with E-state index in [1.54, 1.807) is 0 Å². The number of hydrogen-bond acceptors (Lipinski definition) is 4. The molecule has 102 valence electrons. The van der Waals surface area contributed by atoms with Crippen molar-refractivity contribution in [2.75, 3.05) is 27.2 Å². The van der Waals surface area contributed by atoms with E-state index in [0.717, 1.165) is 30.4 Å². The second kappa shape index (κ2) is 6.34. The number of likely N-dealkylation sites (N-methyl/N-ethyl adjacent to an activating group) is 1. The highest BCUT2D eigenvalue weighted by atomic mass is 16.4. The first-order valence-electron chi connectivity index (χ1n) is 6.96. The van der Waals surface area contributed by atoms with Crippen LogP contribution in [0.5, 0.6) is 0 Å². The van der Waals surface area contributed by atoms with Gasteiger partial charge >= 0.3 is 0 Å². The van der Waals surface area contributed by atoms with Crippen molar-refractivity contribution in [3.8, 4) is 0 Å². The van der Waals surface area contributed by atoms with Crippen LogP contribution in [0.2, 0.25) is 0 Å². The molecule has 4 heteroatoms. The number of nitrogens with zero attached hydrogens (tertiary/aromatic N) is 2. The van der Waals surface area contributed by atoms with Crippen LogP contribution in [0, 0.1) is 5.92 Å². The first-order valence-corrected chi connectivity index (χ1v) is 6.96. The number of oxazole rings is 1. The summed E-state index contributed by atoms with van der Waals surface area (Å²) in [5.74, 6) is 2.66. The average molecular weight is 251 g/mol. The fourth-order valence-electron chi connectivity index (χ4n) is 2.45. The van der Waals surface area contributed by atoms with E-state index in [-0.39, 0.29) is 0 Å². The van der Waals surface area contributed by atoms with E-state index in [1.165, 1.54) is 25.9 Å². The lowest BCUT2D eigenvalue weighted by molar-refractivity contribution is 0.211. The van der Waals surface area contributed by atoms with Crippen LogP contribution in [-0.4, -0.2) is 43.1 Å². The standard InChI is InChI=1S/C14H25N3O/c1-11(15-2)8-13-10-16-14(18-13)9-12-4-6-17(3)7-5-12/h10-12,15H,4-9H2,1-3H3. The number of nitrogens with one attached hydrogen (secondary N) is 1. The first kappa shape index (κ1) is 13.6. The second-order valence-corrected chi connectivity index (χ2v) is 5.56. The first-order chi connectivity index (χ1) is 8.67. The molecule has 1 saturated heterocycles. The molecule has 4 nitrogen and oxygen atoms in total. The summed E-state index contributed by atoms with van der Waals surface area (Å²) in [5, 5.41) is 3.22. The molecule has 1 aliphatic rings. The van der Waals surface area contributed by atoms with E-state index in [1.807, 2.05) is 13.2 Å². The Morgan fingerprint density at radius 1 is 1.50 bits per heavy atom. The molecule has 2 heterocycles. The van der Waals surface area contributed by atoms with Crippen LogP contribution < -0.4 is 5.32 Å².